The second-order valence-electron chi connectivity index (χ2n) is 5.96. The van der Waals surface area contributed by atoms with Crippen LogP contribution in [0.3, 0.4) is 0 Å². The zero-order valence-corrected chi connectivity index (χ0v) is 15.7. The summed E-state index contributed by atoms with van der Waals surface area (Å²) in [5.41, 5.74) is 1.10. The fourth-order valence-electron chi connectivity index (χ4n) is 2.88. The molecule has 0 atom stereocenters. The molecule has 4 rings (SSSR count). The Bertz CT molecular complexity index is 1140. The van der Waals surface area contributed by atoms with Crippen LogP contribution in [-0.4, -0.2) is 30.3 Å². The molecule has 0 unspecified atom stereocenters. The highest BCUT2D eigenvalue weighted by atomic mass is 32.1. The summed E-state index contributed by atoms with van der Waals surface area (Å²) in [5.74, 6) is 1.45. The van der Waals surface area contributed by atoms with Gasteiger partial charge in [0.1, 0.15) is 18.1 Å². The fourth-order valence-corrected chi connectivity index (χ4v) is 3.92. The van der Waals surface area contributed by atoms with Gasteiger partial charge in [0.2, 0.25) is 6.79 Å². The van der Waals surface area contributed by atoms with Crippen molar-refractivity contribution in [1.82, 2.24) is 4.57 Å². The van der Waals surface area contributed by atoms with Crippen molar-refractivity contribution >= 4 is 33.4 Å². The number of aryl methyl sites for hydroxylation is 2. The van der Waals surface area contributed by atoms with Crippen LogP contribution >= 0.6 is 11.3 Å². The minimum Gasteiger partial charge on any atom is -0.468 e. The first kappa shape index (κ1) is 17.3. The van der Waals surface area contributed by atoms with Gasteiger partial charge in [-0.25, -0.2) is 0 Å². The molecule has 1 amide bonds. The Morgan fingerprint density at radius 1 is 1.22 bits per heavy atom. The predicted molar refractivity (Wildman–Crippen MR) is 96.0 cm³/mol. The lowest BCUT2D eigenvalue weighted by Crippen LogP contribution is -2.22. The van der Waals surface area contributed by atoms with Crippen LogP contribution < -0.4 is 14.3 Å². The molecule has 1 aliphatic rings. The molecular weight excluding hydrogens is 372 g/mol. The molecule has 1 aromatic carbocycles. The lowest BCUT2D eigenvalue weighted by atomic mass is 10.2. The number of aromatic nitrogens is 1. The topological polar surface area (TPSA) is 92.3 Å². The van der Waals surface area contributed by atoms with E-state index in [1.54, 1.807) is 30.5 Å². The number of hydrogen-bond acceptors (Lipinski definition) is 7. The Morgan fingerprint density at radius 2 is 1.96 bits per heavy atom. The van der Waals surface area contributed by atoms with Crippen molar-refractivity contribution in [3.05, 3.63) is 40.1 Å². The third-order valence-corrected chi connectivity index (χ3v) is 5.20. The second kappa shape index (κ2) is 6.58. The Labute approximate surface area is 157 Å². The summed E-state index contributed by atoms with van der Waals surface area (Å²) in [5, 5.41) is 0. The number of carbonyl (C=O) groups excluding carboxylic acids is 2. The average molecular weight is 388 g/mol. The zero-order chi connectivity index (χ0) is 19.1. The molecule has 0 spiro atoms. The van der Waals surface area contributed by atoms with E-state index in [1.807, 2.05) is 6.07 Å². The molecule has 27 heavy (non-hydrogen) atoms. The Balaban J connectivity index is 1.88. The highest BCUT2D eigenvalue weighted by Gasteiger charge is 2.20. The van der Waals surface area contributed by atoms with Crippen LogP contribution in [0.1, 0.15) is 21.9 Å². The molecule has 0 radical (unpaired) electrons. The number of benzene rings is 1. The largest absolute Gasteiger partial charge is 0.468 e. The summed E-state index contributed by atoms with van der Waals surface area (Å²) < 4.78 is 23.4. The number of ether oxygens (including phenoxy) is 3. The van der Waals surface area contributed by atoms with E-state index in [1.165, 1.54) is 18.4 Å². The normalized spacial score (nSPS) is 13.4. The van der Waals surface area contributed by atoms with Crippen molar-refractivity contribution in [3.8, 4) is 11.5 Å². The van der Waals surface area contributed by atoms with Crippen LogP contribution in [0.2, 0.25) is 0 Å². The van der Waals surface area contributed by atoms with Crippen molar-refractivity contribution in [2.75, 3.05) is 13.9 Å². The van der Waals surface area contributed by atoms with Crippen molar-refractivity contribution < 1.29 is 28.2 Å². The van der Waals surface area contributed by atoms with Gasteiger partial charge < -0.3 is 23.2 Å². The molecular formula is C18H16N2O6S. The van der Waals surface area contributed by atoms with E-state index in [9.17, 15) is 9.59 Å². The Hall–Kier alpha value is -3.07. The molecule has 3 heterocycles. The summed E-state index contributed by atoms with van der Waals surface area (Å²) in [6.45, 7) is 3.55. The maximum atomic E-state index is 12.6. The lowest BCUT2D eigenvalue weighted by Gasteiger charge is -2.04. The lowest BCUT2D eigenvalue weighted by molar-refractivity contribution is -0.141. The van der Waals surface area contributed by atoms with Crippen molar-refractivity contribution in [2.24, 2.45) is 4.99 Å². The van der Waals surface area contributed by atoms with E-state index in [-0.39, 0.29) is 13.3 Å². The maximum Gasteiger partial charge on any atom is 0.325 e. The molecule has 0 bridgehead atoms. The minimum absolute atomic E-state index is 0.0777. The first-order valence-corrected chi connectivity index (χ1v) is 8.94. The molecule has 8 nitrogen and oxygen atoms in total. The van der Waals surface area contributed by atoms with Crippen LogP contribution in [0.15, 0.2) is 27.6 Å². The van der Waals surface area contributed by atoms with E-state index in [2.05, 4.69) is 4.99 Å². The molecule has 2 aromatic heterocycles. The van der Waals surface area contributed by atoms with Gasteiger partial charge in [-0.2, -0.15) is 4.99 Å². The number of nitrogens with zero attached hydrogens (tertiary/aromatic N) is 2. The zero-order valence-electron chi connectivity index (χ0n) is 14.9. The number of thiazole rings is 1. The highest BCUT2D eigenvalue weighted by Crippen LogP contribution is 2.37. The van der Waals surface area contributed by atoms with Gasteiger partial charge in [-0.05, 0) is 19.9 Å². The first-order chi connectivity index (χ1) is 13.0. The van der Waals surface area contributed by atoms with Gasteiger partial charge in [-0.15, -0.1) is 0 Å². The number of carbonyl (C=O) groups is 2. The fraction of sp³-hybridized carbons (Fsp3) is 0.278. The molecule has 140 valence electrons. The van der Waals surface area contributed by atoms with Crippen LogP contribution in [-0.2, 0) is 16.1 Å². The standard InChI is InChI=1S/C18H16N2O6S/c1-9-4-11(10(2)26-9)17(22)19-18-20(7-16(21)23-3)12-5-13-14(25-8-24-13)6-15(12)27-18/h4-6H,7-8H2,1-3H3. The Morgan fingerprint density at radius 3 is 2.63 bits per heavy atom. The summed E-state index contributed by atoms with van der Waals surface area (Å²) >= 11 is 1.28. The quantitative estimate of drug-likeness (QED) is 0.641. The van der Waals surface area contributed by atoms with Gasteiger partial charge in [0, 0.05) is 12.1 Å². The molecule has 0 N–H and O–H groups in total. The minimum atomic E-state index is -0.448. The summed E-state index contributed by atoms with van der Waals surface area (Å²) in [6.07, 6.45) is 0. The molecule has 9 heteroatoms. The first-order valence-electron chi connectivity index (χ1n) is 8.12. The third kappa shape index (κ3) is 3.10. The third-order valence-electron chi connectivity index (χ3n) is 4.16. The van der Waals surface area contributed by atoms with Gasteiger partial charge in [0.25, 0.3) is 5.91 Å². The molecule has 0 saturated heterocycles. The number of amides is 1. The van der Waals surface area contributed by atoms with Crippen molar-refractivity contribution in [2.45, 2.75) is 20.4 Å². The molecule has 0 fully saturated rings. The van der Waals surface area contributed by atoms with Crippen LogP contribution in [0.25, 0.3) is 10.2 Å². The van der Waals surface area contributed by atoms with E-state index in [0.717, 1.165) is 4.70 Å². The van der Waals surface area contributed by atoms with Crippen molar-refractivity contribution in [3.63, 3.8) is 0 Å². The summed E-state index contributed by atoms with van der Waals surface area (Å²) in [6, 6.07) is 5.23. The van der Waals surface area contributed by atoms with Crippen LogP contribution in [0.4, 0.5) is 0 Å². The molecule has 0 aliphatic carbocycles. The van der Waals surface area contributed by atoms with Gasteiger partial charge in [0.15, 0.2) is 16.3 Å². The Kier molecular flexibility index (Phi) is 4.23. The van der Waals surface area contributed by atoms with Gasteiger partial charge in [-0.3, -0.25) is 9.59 Å². The second-order valence-corrected chi connectivity index (χ2v) is 6.97. The number of fused-ring (bicyclic) bond motifs is 2. The van der Waals surface area contributed by atoms with E-state index in [0.29, 0.717) is 38.9 Å². The average Bonchev–Trinajstić information content (AvgIpc) is 3.30. The number of esters is 1. The highest BCUT2D eigenvalue weighted by molar-refractivity contribution is 7.16. The van der Waals surface area contributed by atoms with E-state index in [4.69, 9.17) is 18.6 Å². The molecule has 1 aliphatic heterocycles. The SMILES string of the molecule is COC(=O)Cn1c(=NC(=O)c2cc(C)oc2C)sc2cc3c(cc21)OCO3. The number of rotatable bonds is 3. The van der Waals surface area contributed by atoms with E-state index >= 15 is 0 Å². The number of methoxy groups -OCH3 is 1. The van der Waals surface area contributed by atoms with Gasteiger partial charge >= 0.3 is 5.97 Å². The van der Waals surface area contributed by atoms with Crippen LogP contribution in [0.5, 0.6) is 11.5 Å². The molecule has 3 aromatic rings. The van der Waals surface area contributed by atoms with Gasteiger partial charge in [-0.1, -0.05) is 11.3 Å². The van der Waals surface area contributed by atoms with Gasteiger partial charge in [0.05, 0.1) is 22.9 Å². The number of hydrogen-bond donors (Lipinski definition) is 0. The van der Waals surface area contributed by atoms with Crippen molar-refractivity contribution in [1.29, 1.82) is 0 Å². The predicted octanol–water partition coefficient (Wildman–Crippen LogP) is 2.56. The number of furan rings is 1. The monoisotopic (exact) mass is 388 g/mol. The molecule has 0 saturated carbocycles. The smallest absolute Gasteiger partial charge is 0.325 e. The van der Waals surface area contributed by atoms with Crippen LogP contribution in [0, 0.1) is 13.8 Å². The summed E-state index contributed by atoms with van der Waals surface area (Å²) in [7, 11) is 1.31. The maximum absolute atomic E-state index is 12.6. The van der Waals surface area contributed by atoms with E-state index < -0.39 is 11.9 Å². The summed E-state index contributed by atoms with van der Waals surface area (Å²) in [4.78, 5) is 29.1.